The highest BCUT2D eigenvalue weighted by Gasteiger charge is 2.14. The van der Waals surface area contributed by atoms with E-state index in [1.165, 1.54) is 12.4 Å². The van der Waals surface area contributed by atoms with Gasteiger partial charge in [-0.05, 0) is 24.1 Å². The highest BCUT2D eigenvalue weighted by Crippen LogP contribution is 2.21. The van der Waals surface area contributed by atoms with Gasteiger partial charge in [0.1, 0.15) is 5.75 Å². The molecule has 1 aromatic heterocycles. The van der Waals surface area contributed by atoms with E-state index in [0.29, 0.717) is 11.1 Å². The number of carbonyl (C=O) groups is 1. The summed E-state index contributed by atoms with van der Waals surface area (Å²) in [5, 5.41) is 15.9. The van der Waals surface area contributed by atoms with Gasteiger partial charge in [0.2, 0.25) is 0 Å². The van der Waals surface area contributed by atoms with Crippen molar-refractivity contribution in [1.82, 2.24) is 10.2 Å². The number of ketones is 1. The molecule has 82 valence electrons. The van der Waals surface area contributed by atoms with Crippen LogP contribution in [-0.4, -0.2) is 21.1 Å². The number of phenolic OH excluding ortho intramolecular Hbond substituents is 1. The maximum Gasteiger partial charge on any atom is 0.199 e. The van der Waals surface area contributed by atoms with Crippen LogP contribution >= 0.6 is 0 Å². The van der Waals surface area contributed by atoms with Gasteiger partial charge in [0.05, 0.1) is 17.3 Å². The lowest BCUT2D eigenvalue weighted by Gasteiger charge is -2.04. The van der Waals surface area contributed by atoms with Crippen molar-refractivity contribution in [3.8, 4) is 5.75 Å². The zero-order valence-electron chi connectivity index (χ0n) is 8.90. The van der Waals surface area contributed by atoms with Gasteiger partial charge in [-0.25, -0.2) is 0 Å². The van der Waals surface area contributed by atoms with Crippen molar-refractivity contribution in [3.05, 3.63) is 47.3 Å². The number of nitrogens with one attached hydrogen (secondary N) is 1. The van der Waals surface area contributed by atoms with Crippen LogP contribution in [0.25, 0.3) is 0 Å². The lowest BCUT2D eigenvalue weighted by Crippen LogP contribution is -2.01. The summed E-state index contributed by atoms with van der Waals surface area (Å²) in [6.07, 6.45) is 3.78. The lowest BCUT2D eigenvalue weighted by atomic mass is 10.0. The quantitative estimate of drug-likeness (QED) is 0.770. The monoisotopic (exact) mass is 216 g/mol. The van der Waals surface area contributed by atoms with Crippen LogP contribution in [-0.2, 0) is 6.42 Å². The molecule has 0 atom stereocenters. The Hall–Kier alpha value is -2.10. The predicted octanol–water partition coefficient (Wildman–Crippen LogP) is 1.91. The van der Waals surface area contributed by atoms with Gasteiger partial charge in [0.25, 0.3) is 0 Å². The van der Waals surface area contributed by atoms with Gasteiger partial charge in [-0.3, -0.25) is 9.89 Å². The van der Waals surface area contributed by atoms with E-state index >= 15 is 0 Å². The van der Waals surface area contributed by atoms with E-state index in [-0.39, 0.29) is 11.5 Å². The Kier molecular flexibility index (Phi) is 2.72. The molecule has 0 saturated carbocycles. The van der Waals surface area contributed by atoms with Crippen LogP contribution in [0.1, 0.15) is 28.4 Å². The standard InChI is InChI=1S/C12H12N2O2/c1-2-8-3-4-11(15)10(5-8)12(16)9-6-13-14-7-9/h3-7,15H,2H2,1H3,(H,13,14). The summed E-state index contributed by atoms with van der Waals surface area (Å²) in [5.41, 5.74) is 1.79. The van der Waals surface area contributed by atoms with Gasteiger partial charge in [-0.15, -0.1) is 0 Å². The molecule has 1 aromatic carbocycles. The minimum atomic E-state index is -0.221. The second-order valence-corrected chi connectivity index (χ2v) is 3.52. The Morgan fingerprint density at radius 3 is 2.94 bits per heavy atom. The molecule has 0 aliphatic carbocycles. The zero-order chi connectivity index (χ0) is 11.5. The van der Waals surface area contributed by atoms with Crippen LogP contribution in [0.3, 0.4) is 0 Å². The molecule has 0 fully saturated rings. The molecule has 0 saturated heterocycles. The number of H-pyrrole nitrogens is 1. The molecule has 0 unspecified atom stereocenters. The molecule has 0 amide bonds. The van der Waals surface area contributed by atoms with Crippen LogP contribution in [0.5, 0.6) is 5.75 Å². The second-order valence-electron chi connectivity index (χ2n) is 3.52. The van der Waals surface area contributed by atoms with Crippen molar-refractivity contribution in [2.45, 2.75) is 13.3 Å². The molecule has 0 aliphatic heterocycles. The molecule has 4 heteroatoms. The number of hydrogen-bond acceptors (Lipinski definition) is 3. The summed E-state index contributed by atoms with van der Waals surface area (Å²) in [5.74, 6) is -0.218. The van der Waals surface area contributed by atoms with Crippen LogP contribution in [0.15, 0.2) is 30.6 Å². The lowest BCUT2D eigenvalue weighted by molar-refractivity contribution is 0.103. The minimum Gasteiger partial charge on any atom is -0.507 e. The molecule has 2 N–H and O–H groups in total. The second kappa shape index (κ2) is 4.18. The first kappa shape index (κ1) is 10.4. The van der Waals surface area contributed by atoms with E-state index in [1.54, 1.807) is 12.1 Å². The summed E-state index contributed by atoms with van der Waals surface area (Å²) >= 11 is 0. The fourth-order valence-electron chi connectivity index (χ4n) is 1.52. The Morgan fingerprint density at radius 2 is 2.31 bits per heavy atom. The molecule has 2 aromatic rings. The fraction of sp³-hybridized carbons (Fsp3) is 0.167. The van der Waals surface area contributed by atoms with E-state index < -0.39 is 0 Å². The predicted molar refractivity (Wildman–Crippen MR) is 59.5 cm³/mol. The zero-order valence-corrected chi connectivity index (χ0v) is 8.90. The fourth-order valence-corrected chi connectivity index (χ4v) is 1.52. The highest BCUT2D eigenvalue weighted by atomic mass is 16.3. The van der Waals surface area contributed by atoms with Crippen molar-refractivity contribution in [2.24, 2.45) is 0 Å². The van der Waals surface area contributed by atoms with Crippen molar-refractivity contribution in [2.75, 3.05) is 0 Å². The molecule has 0 aliphatic rings. The summed E-state index contributed by atoms with van der Waals surface area (Å²) in [4.78, 5) is 12.0. The van der Waals surface area contributed by atoms with Crippen molar-refractivity contribution in [1.29, 1.82) is 0 Å². The number of rotatable bonds is 3. The van der Waals surface area contributed by atoms with Crippen molar-refractivity contribution in [3.63, 3.8) is 0 Å². The van der Waals surface area contributed by atoms with Gasteiger partial charge in [-0.1, -0.05) is 13.0 Å². The average Bonchev–Trinajstić information content (AvgIpc) is 2.82. The van der Waals surface area contributed by atoms with Crippen LogP contribution in [0.4, 0.5) is 0 Å². The third-order valence-electron chi connectivity index (χ3n) is 2.47. The van der Waals surface area contributed by atoms with E-state index in [1.807, 2.05) is 13.0 Å². The summed E-state index contributed by atoms with van der Waals surface area (Å²) in [7, 11) is 0. The number of aromatic hydroxyl groups is 1. The van der Waals surface area contributed by atoms with Gasteiger partial charge in [0, 0.05) is 6.20 Å². The summed E-state index contributed by atoms with van der Waals surface area (Å²) in [6.45, 7) is 2.00. The molecule has 4 nitrogen and oxygen atoms in total. The number of carbonyl (C=O) groups excluding carboxylic acids is 1. The first-order valence-corrected chi connectivity index (χ1v) is 5.07. The Bertz CT molecular complexity index is 504. The Balaban J connectivity index is 2.43. The molecular weight excluding hydrogens is 204 g/mol. The number of hydrogen-bond donors (Lipinski definition) is 2. The molecule has 16 heavy (non-hydrogen) atoms. The van der Waals surface area contributed by atoms with E-state index in [9.17, 15) is 9.90 Å². The molecule has 0 spiro atoms. The van der Waals surface area contributed by atoms with Gasteiger partial charge in [-0.2, -0.15) is 5.10 Å². The van der Waals surface area contributed by atoms with Crippen molar-refractivity contribution >= 4 is 5.78 Å². The largest absolute Gasteiger partial charge is 0.507 e. The number of phenols is 1. The molecule has 0 bridgehead atoms. The highest BCUT2D eigenvalue weighted by molar-refractivity contribution is 6.10. The van der Waals surface area contributed by atoms with Crippen LogP contribution in [0, 0.1) is 0 Å². The average molecular weight is 216 g/mol. The number of aromatic nitrogens is 2. The topological polar surface area (TPSA) is 66.0 Å². The normalized spacial score (nSPS) is 10.3. The molecule has 2 rings (SSSR count). The Labute approximate surface area is 92.9 Å². The first-order chi connectivity index (χ1) is 7.72. The molecule has 0 radical (unpaired) electrons. The summed E-state index contributed by atoms with van der Waals surface area (Å²) in [6, 6.07) is 5.07. The van der Waals surface area contributed by atoms with E-state index in [0.717, 1.165) is 12.0 Å². The number of nitrogens with zero attached hydrogens (tertiary/aromatic N) is 1. The van der Waals surface area contributed by atoms with Crippen LogP contribution in [0.2, 0.25) is 0 Å². The maximum absolute atomic E-state index is 12.0. The third kappa shape index (κ3) is 1.82. The smallest absolute Gasteiger partial charge is 0.199 e. The SMILES string of the molecule is CCc1ccc(O)c(C(=O)c2cn[nH]c2)c1. The molecule has 1 heterocycles. The number of benzene rings is 1. The minimum absolute atomic E-state index is 0.00315. The third-order valence-corrected chi connectivity index (χ3v) is 2.47. The van der Waals surface area contributed by atoms with Gasteiger partial charge < -0.3 is 5.11 Å². The van der Waals surface area contributed by atoms with E-state index in [4.69, 9.17) is 0 Å². The first-order valence-electron chi connectivity index (χ1n) is 5.07. The maximum atomic E-state index is 12.0. The number of aryl methyl sites for hydroxylation is 1. The van der Waals surface area contributed by atoms with Gasteiger partial charge in [0.15, 0.2) is 5.78 Å². The van der Waals surface area contributed by atoms with Gasteiger partial charge >= 0.3 is 0 Å². The van der Waals surface area contributed by atoms with E-state index in [2.05, 4.69) is 10.2 Å². The molecular formula is C12H12N2O2. The number of aromatic amines is 1. The Morgan fingerprint density at radius 1 is 1.50 bits per heavy atom. The summed E-state index contributed by atoms with van der Waals surface area (Å²) < 4.78 is 0. The van der Waals surface area contributed by atoms with Crippen molar-refractivity contribution < 1.29 is 9.90 Å². The van der Waals surface area contributed by atoms with Crippen LogP contribution < -0.4 is 0 Å².